The molecule has 8 heteroatoms. The van der Waals surface area contributed by atoms with Crippen molar-refractivity contribution in [3.8, 4) is 23.1 Å². The van der Waals surface area contributed by atoms with Gasteiger partial charge < -0.3 is 15.2 Å². The minimum absolute atomic E-state index is 0.186. The summed E-state index contributed by atoms with van der Waals surface area (Å²) in [5.41, 5.74) is 5.75. The molecule has 24 heavy (non-hydrogen) atoms. The van der Waals surface area contributed by atoms with Crippen LogP contribution in [0.5, 0.6) is 5.88 Å². The summed E-state index contributed by atoms with van der Waals surface area (Å²) in [6.07, 6.45) is 3.68. The lowest BCUT2D eigenvalue weighted by Crippen LogP contribution is -2.34. The molecule has 0 aliphatic carbocycles. The van der Waals surface area contributed by atoms with E-state index in [2.05, 4.69) is 21.3 Å². The van der Waals surface area contributed by atoms with Crippen molar-refractivity contribution in [1.82, 2.24) is 15.2 Å². The van der Waals surface area contributed by atoms with Crippen LogP contribution in [0, 0.1) is 22.6 Å². The second-order valence-corrected chi connectivity index (χ2v) is 5.66. The van der Waals surface area contributed by atoms with Crippen LogP contribution >= 0.6 is 0 Å². The van der Waals surface area contributed by atoms with Gasteiger partial charge in [0, 0.05) is 30.4 Å². The fourth-order valence-corrected chi connectivity index (χ4v) is 2.50. The van der Waals surface area contributed by atoms with Gasteiger partial charge in [0.1, 0.15) is 18.2 Å². The van der Waals surface area contributed by atoms with E-state index in [0.717, 1.165) is 6.20 Å². The largest absolute Gasteiger partial charge is 0.475 e. The molecule has 1 saturated heterocycles. The first-order valence-corrected chi connectivity index (χ1v) is 7.48. The summed E-state index contributed by atoms with van der Waals surface area (Å²) in [6.45, 7) is 1.25. The van der Waals surface area contributed by atoms with E-state index in [1.54, 1.807) is 6.07 Å². The van der Waals surface area contributed by atoms with Gasteiger partial charge in [-0.1, -0.05) is 0 Å². The van der Waals surface area contributed by atoms with E-state index in [-0.39, 0.29) is 23.9 Å². The summed E-state index contributed by atoms with van der Waals surface area (Å²) in [6, 6.07) is 5.30. The zero-order valence-corrected chi connectivity index (χ0v) is 12.9. The molecular formula is C16H16FN5O2. The Hall–Kier alpha value is -2.79. The number of halogens is 1. The lowest BCUT2D eigenvalue weighted by molar-refractivity contribution is 0.0181. The Labute approximate surface area is 138 Å². The van der Waals surface area contributed by atoms with Crippen LogP contribution in [0.15, 0.2) is 24.5 Å². The number of hydrogen-bond donors (Lipinski definition) is 1. The van der Waals surface area contributed by atoms with Crippen LogP contribution in [-0.4, -0.2) is 35.0 Å². The number of nitrogens with two attached hydrogens (primary N) is 1. The van der Waals surface area contributed by atoms with Crippen molar-refractivity contribution in [3.05, 3.63) is 30.3 Å². The molecule has 1 aliphatic heterocycles. The molecule has 1 aliphatic rings. The average molecular weight is 329 g/mol. The quantitative estimate of drug-likeness (QED) is 0.913. The third kappa shape index (κ3) is 3.41. The molecule has 0 saturated carbocycles. The normalized spacial score (nSPS) is 16.3. The Morgan fingerprint density at radius 3 is 2.88 bits per heavy atom. The second kappa shape index (κ2) is 6.76. The summed E-state index contributed by atoms with van der Waals surface area (Å²) in [7, 11) is 0. The molecular weight excluding hydrogens is 313 g/mol. The first kappa shape index (κ1) is 16.1. The van der Waals surface area contributed by atoms with Gasteiger partial charge >= 0.3 is 0 Å². The van der Waals surface area contributed by atoms with Crippen molar-refractivity contribution in [2.75, 3.05) is 25.6 Å². The van der Waals surface area contributed by atoms with Crippen LogP contribution in [-0.2, 0) is 4.74 Å². The zero-order valence-electron chi connectivity index (χ0n) is 12.9. The summed E-state index contributed by atoms with van der Waals surface area (Å²) < 4.78 is 24.9. The summed E-state index contributed by atoms with van der Waals surface area (Å²) in [5, 5.41) is 17.1. The Morgan fingerprint density at radius 2 is 2.12 bits per heavy atom. The van der Waals surface area contributed by atoms with E-state index < -0.39 is 11.2 Å². The third-order valence-electron chi connectivity index (χ3n) is 4.00. The molecule has 1 fully saturated rings. The summed E-state index contributed by atoms with van der Waals surface area (Å²) >= 11 is 0. The maximum Gasteiger partial charge on any atom is 0.234 e. The van der Waals surface area contributed by atoms with E-state index >= 15 is 0 Å². The van der Waals surface area contributed by atoms with Gasteiger partial charge in [-0.2, -0.15) is 10.4 Å². The lowest BCUT2D eigenvalue weighted by Gasteiger charge is -2.29. The Balaban J connectivity index is 1.78. The Kier molecular flexibility index (Phi) is 4.53. The Bertz CT molecular complexity index is 771. The number of hydrogen-bond acceptors (Lipinski definition) is 7. The molecule has 0 atom stereocenters. The molecule has 3 heterocycles. The van der Waals surface area contributed by atoms with E-state index in [4.69, 9.17) is 15.2 Å². The van der Waals surface area contributed by atoms with Crippen LogP contribution in [0.1, 0.15) is 12.8 Å². The molecule has 3 rings (SSSR count). The van der Waals surface area contributed by atoms with E-state index in [0.29, 0.717) is 31.6 Å². The van der Waals surface area contributed by atoms with Crippen LogP contribution in [0.3, 0.4) is 0 Å². The summed E-state index contributed by atoms with van der Waals surface area (Å²) in [5.74, 6) is -0.0826. The lowest BCUT2D eigenvalue weighted by atomic mass is 9.83. The molecule has 7 nitrogen and oxygen atoms in total. The zero-order chi connectivity index (χ0) is 17.0. The molecule has 0 spiro atoms. The molecule has 2 N–H and O–H groups in total. The van der Waals surface area contributed by atoms with Gasteiger partial charge in [0.2, 0.25) is 5.88 Å². The first-order valence-electron chi connectivity index (χ1n) is 7.48. The molecule has 0 unspecified atom stereocenters. The van der Waals surface area contributed by atoms with Crippen molar-refractivity contribution in [2.45, 2.75) is 12.8 Å². The van der Waals surface area contributed by atoms with Crippen molar-refractivity contribution in [3.63, 3.8) is 0 Å². The van der Waals surface area contributed by atoms with Gasteiger partial charge in [-0.15, -0.1) is 5.10 Å². The summed E-state index contributed by atoms with van der Waals surface area (Å²) in [4.78, 5) is 3.69. The monoisotopic (exact) mass is 329 g/mol. The van der Waals surface area contributed by atoms with Crippen molar-refractivity contribution in [1.29, 1.82) is 5.26 Å². The molecule has 2 aromatic heterocycles. The van der Waals surface area contributed by atoms with E-state index in [1.807, 2.05) is 0 Å². The average Bonchev–Trinajstić information content (AvgIpc) is 2.63. The van der Waals surface area contributed by atoms with Crippen molar-refractivity contribution in [2.24, 2.45) is 5.41 Å². The predicted octanol–water partition coefficient (Wildman–Crippen LogP) is 1.96. The second-order valence-electron chi connectivity index (χ2n) is 5.66. The molecule has 0 amide bonds. The molecule has 124 valence electrons. The van der Waals surface area contributed by atoms with Gasteiger partial charge in [0.25, 0.3) is 0 Å². The van der Waals surface area contributed by atoms with Crippen molar-refractivity contribution < 1.29 is 13.9 Å². The minimum Gasteiger partial charge on any atom is -0.475 e. The van der Waals surface area contributed by atoms with Gasteiger partial charge in [-0.25, -0.2) is 9.37 Å². The maximum absolute atomic E-state index is 13.9. The number of nitrogens with zero attached hydrogens (tertiary/aromatic N) is 4. The topological polar surface area (TPSA) is 107 Å². The predicted molar refractivity (Wildman–Crippen MR) is 83.2 cm³/mol. The highest BCUT2D eigenvalue weighted by Crippen LogP contribution is 2.31. The molecule has 0 bridgehead atoms. The number of rotatable bonds is 4. The molecule has 2 aromatic rings. The fraction of sp³-hybridized carbons (Fsp3) is 0.375. The van der Waals surface area contributed by atoms with E-state index in [1.165, 1.54) is 12.3 Å². The fourth-order valence-electron chi connectivity index (χ4n) is 2.50. The highest BCUT2D eigenvalue weighted by Gasteiger charge is 2.34. The van der Waals surface area contributed by atoms with Gasteiger partial charge in [-0.05, 0) is 18.9 Å². The molecule has 0 radical (unpaired) electrons. The standard InChI is InChI=1S/C16H16FN5O2/c17-13-8-20-14(19)6-12(13)11-5-15(22-21-7-11)24-10-16(9-18)1-3-23-4-2-16/h5-8H,1-4,10H2,(H2,19,20). The van der Waals surface area contributed by atoms with Gasteiger partial charge in [0.05, 0.1) is 23.9 Å². The van der Waals surface area contributed by atoms with E-state index in [9.17, 15) is 9.65 Å². The first-order chi connectivity index (χ1) is 11.6. The van der Waals surface area contributed by atoms with Crippen LogP contribution in [0.25, 0.3) is 11.1 Å². The number of pyridine rings is 1. The minimum atomic E-state index is -0.595. The number of anilines is 1. The van der Waals surface area contributed by atoms with Crippen LogP contribution in [0.4, 0.5) is 10.2 Å². The smallest absolute Gasteiger partial charge is 0.234 e. The Morgan fingerprint density at radius 1 is 1.33 bits per heavy atom. The SMILES string of the molecule is N#CC1(COc2cc(-c3cc(N)ncc3F)cnn2)CCOCC1. The van der Waals surface area contributed by atoms with Gasteiger partial charge in [-0.3, -0.25) is 0 Å². The maximum atomic E-state index is 13.9. The van der Waals surface area contributed by atoms with Crippen LogP contribution in [0.2, 0.25) is 0 Å². The number of nitrogen functional groups attached to an aromatic ring is 1. The third-order valence-corrected chi connectivity index (χ3v) is 4.00. The highest BCUT2D eigenvalue weighted by molar-refractivity contribution is 5.66. The highest BCUT2D eigenvalue weighted by atomic mass is 19.1. The molecule has 0 aromatic carbocycles. The number of aromatic nitrogens is 3. The number of nitriles is 1. The van der Waals surface area contributed by atoms with Gasteiger partial charge in [0.15, 0.2) is 0 Å². The number of ether oxygens (including phenoxy) is 2. The van der Waals surface area contributed by atoms with Crippen LogP contribution < -0.4 is 10.5 Å². The van der Waals surface area contributed by atoms with Crippen molar-refractivity contribution >= 4 is 5.82 Å².